The van der Waals surface area contributed by atoms with E-state index in [0.717, 1.165) is 31.6 Å². The number of benzene rings is 1. The molecule has 88 valence electrons. The highest BCUT2D eigenvalue weighted by atomic mass is 16.3. The fourth-order valence-corrected chi connectivity index (χ4v) is 2.32. The Hall–Kier alpha value is -1.06. The molecule has 1 aliphatic heterocycles. The van der Waals surface area contributed by atoms with Gasteiger partial charge in [-0.1, -0.05) is 12.1 Å². The van der Waals surface area contributed by atoms with Gasteiger partial charge < -0.3 is 10.8 Å². The molecule has 0 radical (unpaired) electrons. The highest BCUT2D eigenvalue weighted by Gasteiger charge is 2.22. The molecule has 2 unspecified atom stereocenters. The monoisotopic (exact) mass is 220 g/mol. The summed E-state index contributed by atoms with van der Waals surface area (Å²) in [5, 5.41) is 9.66. The van der Waals surface area contributed by atoms with Gasteiger partial charge in [0.25, 0.3) is 0 Å². The number of hydrogen-bond acceptors (Lipinski definition) is 3. The van der Waals surface area contributed by atoms with E-state index >= 15 is 0 Å². The lowest BCUT2D eigenvalue weighted by molar-refractivity contribution is 0.0504. The summed E-state index contributed by atoms with van der Waals surface area (Å²) in [7, 11) is 0. The quantitative estimate of drug-likeness (QED) is 0.747. The van der Waals surface area contributed by atoms with Crippen molar-refractivity contribution in [2.75, 3.05) is 18.8 Å². The van der Waals surface area contributed by atoms with Crippen LogP contribution in [-0.2, 0) is 0 Å². The number of nitrogens with two attached hydrogens (primary N) is 1. The Morgan fingerprint density at radius 2 is 2.06 bits per heavy atom. The van der Waals surface area contributed by atoms with Crippen molar-refractivity contribution in [3.05, 3.63) is 29.8 Å². The van der Waals surface area contributed by atoms with E-state index in [1.165, 1.54) is 5.56 Å². The SMILES string of the molecule is CC(c1ccc(N)cc1)N1CCCC(O)C1. The number of nitrogen functional groups attached to an aromatic ring is 1. The topological polar surface area (TPSA) is 49.5 Å². The Kier molecular flexibility index (Phi) is 3.46. The summed E-state index contributed by atoms with van der Waals surface area (Å²) in [4.78, 5) is 2.33. The van der Waals surface area contributed by atoms with Crippen LogP contribution in [0.2, 0.25) is 0 Å². The van der Waals surface area contributed by atoms with Gasteiger partial charge in [-0.2, -0.15) is 0 Å². The van der Waals surface area contributed by atoms with E-state index in [4.69, 9.17) is 5.73 Å². The second-order valence-corrected chi connectivity index (χ2v) is 4.63. The zero-order valence-electron chi connectivity index (χ0n) is 9.76. The van der Waals surface area contributed by atoms with Crippen molar-refractivity contribution in [2.45, 2.75) is 31.9 Å². The first kappa shape index (κ1) is 11.4. The van der Waals surface area contributed by atoms with Crippen LogP contribution in [0.15, 0.2) is 24.3 Å². The van der Waals surface area contributed by atoms with Crippen LogP contribution in [-0.4, -0.2) is 29.2 Å². The zero-order valence-corrected chi connectivity index (χ0v) is 9.76. The molecular weight excluding hydrogens is 200 g/mol. The molecule has 2 rings (SSSR count). The maximum absolute atomic E-state index is 9.66. The zero-order chi connectivity index (χ0) is 11.5. The van der Waals surface area contributed by atoms with Crippen LogP contribution in [0.1, 0.15) is 31.4 Å². The van der Waals surface area contributed by atoms with Crippen molar-refractivity contribution in [3.8, 4) is 0 Å². The number of nitrogens with zero attached hydrogens (tertiary/aromatic N) is 1. The van der Waals surface area contributed by atoms with Crippen LogP contribution < -0.4 is 5.73 Å². The highest BCUT2D eigenvalue weighted by Crippen LogP contribution is 2.24. The average molecular weight is 220 g/mol. The summed E-state index contributed by atoms with van der Waals surface area (Å²) in [6.45, 7) is 4.04. The number of aliphatic hydroxyl groups excluding tert-OH is 1. The van der Waals surface area contributed by atoms with Gasteiger partial charge >= 0.3 is 0 Å². The van der Waals surface area contributed by atoms with Gasteiger partial charge in [-0.25, -0.2) is 0 Å². The second kappa shape index (κ2) is 4.85. The van der Waals surface area contributed by atoms with Crippen molar-refractivity contribution >= 4 is 5.69 Å². The third-order valence-electron chi connectivity index (χ3n) is 3.39. The molecule has 1 aliphatic rings. The third kappa shape index (κ3) is 2.54. The summed E-state index contributed by atoms with van der Waals surface area (Å²) in [5.74, 6) is 0. The number of piperidine rings is 1. The van der Waals surface area contributed by atoms with Crippen LogP contribution in [0.3, 0.4) is 0 Å². The lowest BCUT2D eigenvalue weighted by Gasteiger charge is -2.35. The Morgan fingerprint density at radius 3 is 2.69 bits per heavy atom. The molecule has 3 N–H and O–H groups in total. The van der Waals surface area contributed by atoms with Crippen molar-refractivity contribution in [3.63, 3.8) is 0 Å². The van der Waals surface area contributed by atoms with E-state index in [1.54, 1.807) is 0 Å². The highest BCUT2D eigenvalue weighted by molar-refractivity contribution is 5.40. The predicted octanol–water partition coefficient (Wildman–Crippen LogP) is 1.79. The van der Waals surface area contributed by atoms with Gasteiger partial charge in [-0.05, 0) is 44.0 Å². The molecule has 2 atom stereocenters. The minimum atomic E-state index is -0.162. The number of likely N-dealkylation sites (tertiary alicyclic amines) is 1. The fraction of sp³-hybridized carbons (Fsp3) is 0.538. The maximum Gasteiger partial charge on any atom is 0.0667 e. The van der Waals surface area contributed by atoms with E-state index in [1.807, 2.05) is 12.1 Å². The molecule has 16 heavy (non-hydrogen) atoms. The minimum absolute atomic E-state index is 0.162. The van der Waals surface area contributed by atoms with Gasteiger partial charge in [0, 0.05) is 18.3 Å². The Balaban J connectivity index is 2.06. The molecule has 3 nitrogen and oxygen atoms in total. The van der Waals surface area contributed by atoms with Gasteiger partial charge in [-0.3, -0.25) is 4.90 Å². The Labute approximate surface area is 96.9 Å². The first-order valence-electron chi connectivity index (χ1n) is 5.94. The molecule has 1 saturated heterocycles. The molecule has 0 aliphatic carbocycles. The van der Waals surface area contributed by atoms with Crippen LogP contribution in [0.25, 0.3) is 0 Å². The van der Waals surface area contributed by atoms with Crippen molar-refractivity contribution < 1.29 is 5.11 Å². The molecule has 0 amide bonds. The molecule has 1 aromatic rings. The van der Waals surface area contributed by atoms with Crippen molar-refractivity contribution in [1.29, 1.82) is 0 Å². The molecule has 1 heterocycles. The second-order valence-electron chi connectivity index (χ2n) is 4.63. The first-order valence-corrected chi connectivity index (χ1v) is 5.94. The van der Waals surface area contributed by atoms with Gasteiger partial charge in [-0.15, -0.1) is 0 Å². The minimum Gasteiger partial charge on any atom is -0.399 e. The van der Waals surface area contributed by atoms with Crippen molar-refractivity contribution in [2.24, 2.45) is 0 Å². The molecule has 3 heteroatoms. The van der Waals surface area contributed by atoms with Gasteiger partial charge in [0.15, 0.2) is 0 Å². The smallest absolute Gasteiger partial charge is 0.0667 e. The summed E-state index contributed by atoms with van der Waals surface area (Å²) in [6.07, 6.45) is 1.86. The van der Waals surface area contributed by atoms with E-state index in [2.05, 4.69) is 24.0 Å². The Morgan fingerprint density at radius 1 is 1.38 bits per heavy atom. The lowest BCUT2D eigenvalue weighted by atomic mass is 10.0. The Bertz CT molecular complexity index is 336. The fourth-order valence-electron chi connectivity index (χ4n) is 2.32. The van der Waals surface area contributed by atoms with Gasteiger partial charge in [0.2, 0.25) is 0 Å². The number of hydrogen-bond donors (Lipinski definition) is 2. The maximum atomic E-state index is 9.66. The van der Waals surface area contributed by atoms with Crippen LogP contribution >= 0.6 is 0 Å². The number of β-amino-alcohol motifs (C(OH)–C–C–N with tert-alkyl or cyclic N) is 1. The molecule has 0 aromatic heterocycles. The van der Waals surface area contributed by atoms with Crippen LogP contribution in [0, 0.1) is 0 Å². The van der Waals surface area contributed by atoms with Crippen LogP contribution in [0.4, 0.5) is 5.69 Å². The molecule has 1 aromatic carbocycles. The molecule has 0 spiro atoms. The molecule has 0 bridgehead atoms. The summed E-state index contributed by atoms with van der Waals surface area (Å²) < 4.78 is 0. The molecule has 0 saturated carbocycles. The largest absolute Gasteiger partial charge is 0.399 e. The summed E-state index contributed by atoms with van der Waals surface area (Å²) in [6, 6.07) is 8.37. The first-order chi connectivity index (χ1) is 7.66. The van der Waals surface area contributed by atoms with Gasteiger partial charge in [0.1, 0.15) is 0 Å². The summed E-state index contributed by atoms with van der Waals surface area (Å²) >= 11 is 0. The van der Waals surface area contributed by atoms with E-state index in [0.29, 0.717) is 6.04 Å². The van der Waals surface area contributed by atoms with E-state index in [-0.39, 0.29) is 6.10 Å². The standard InChI is InChI=1S/C13H20N2O/c1-10(11-4-6-12(14)7-5-11)15-8-2-3-13(16)9-15/h4-7,10,13,16H,2-3,8-9,14H2,1H3. The molecular formula is C13H20N2O. The normalized spacial score (nSPS) is 24.2. The lowest BCUT2D eigenvalue weighted by Crippen LogP contribution is -2.39. The number of rotatable bonds is 2. The van der Waals surface area contributed by atoms with Crippen LogP contribution in [0.5, 0.6) is 0 Å². The van der Waals surface area contributed by atoms with E-state index in [9.17, 15) is 5.11 Å². The third-order valence-corrected chi connectivity index (χ3v) is 3.39. The van der Waals surface area contributed by atoms with Crippen molar-refractivity contribution in [1.82, 2.24) is 4.90 Å². The molecule has 1 fully saturated rings. The number of anilines is 1. The van der Waals surface area contributed by atoms with Gasteiger partial charge in [0.05, 0.1) is 6.10 Å². The van der Waals surface area contributed by atoms with E-state index < -0.39 is 0 Å². The number of aliphatic hydroxyl groups is 1. The average Bonchev–Trinajstić information content (AvgIpc) is 2.29. The predicted molar refractivity (Wildman–Crippen MR) is 66.1 cm³/mol. The summed E-state index contributed by atoms with van der Waals surface area (Å²) in [5.41, 5.74) is 7.74.